The highest BCUT2D eigenvalue weighted by Crippen LogP contribution is 2.22. The van der Waals surface area contributed by atoms with Gasteiger partial charge in [0.1, 0.15) is 0 Å². The maximum absolute atomic E-state index is 12.9. The zero-order valence-corrected chi connectivity index (χ0v) is 18.3. The van der Waals surface area contributed by atoms with Gasteiger partial charge >= 0.3 is 0 Å². The van der Waals surface area contributed by atoms with Gasteiger partial charge in [-0.1, -0.05) is 41.9 Å². The largest absolute Gasteiger partial charge is 0.348 e. The van der Waals surface area contributed by atoms with E-state index in [0.29, 0.717) is 5.02 Å². The summed E-state index contributed by atoms with van der Waals surface area (Å²) in [4.78, 5) is 17.0. The number of aromatic nitrogens is 2. The topological polar surface area (TPSA) is 93.1 Å². The Balaban J connectivity index is 1.53. The van der Waals surface area contributed by atoms with Gasteiger partial charge in [-0.25, -0.2) is 13.4 Å². The molecule has 0 atom stereocenters. The van der Waals surface area contributed by atoms with Crippen molar-refractivity contribution < 1.29 is 13.2 Å². The predicted molar refractivity (Wildman–Crippen MR) is 123 cm³/mol. The normalized spacial score (nSPS) is 11.2. The highest BCUT2D eigenvalue weighted by atomic mass is 35.5. The highest BCUT2D eigenvalue weighted by molar-refractivity contribution is 7.92. The Bertz CT molecular complexity index is 1340. The number of carbonyl (C=O) groups excluding carboxylic acids is 1. The number of nitrogens with zero attached hydrogens (tertiary/aromatic N) is 2. The lowest BCUT2D eigenvalue weighted by Crippen LogP contribution is -2.25. The summed E-state index contributed by atoms with van der Waals surface area (Å²) < 4.78 is 29.8. The van der Waals surface area contributed by atoms with Crippen molar-refractivity contribution >= 4 is 33.2 Å². The van der Waals surface area contributed by atoms with Crippen LogP contribution in [0.3, 0.4) is 0 Å². The van der Waals surface area contributed by atoms with E-state index in [1.165, 1.54) is 24.3 Å². The molecule has 2 N–H and O–H groups in total. The van der Waals surface area contributed by atoms with Gasteiger partial charge in [0.2, 0.25) is 0 Å². The number of hydrogen-bond donors (Lipinski definition) is 2. The molecule has 0 unspecified atom stereocenters. The van der Waals surface area contributed by atoms with Gasteiger partial charge in [0.15, 0.2) is 0 Å². The first-order valence-corrected chi connectivity index (χ1v) is 11.5. The van der Waals surface area contributed by atoms with Crippen molar-refractivity contribution in [1.82, 2.24) is 14.9 Å². The van der Waals surface area contributed by atoms with Crippen LogP contribution >= 0.6 is 11.6 Å². The molecule has 7 nitrogen and oxygen atoms in total. The summed E-state index contributed by atoms with van der Waals surface area (Å²) in [6.07, 6.45) is 5.18. The molecule has 32 heavy (non-hydrogen) atoms. The first-order chi connectivity index (χ1) is 15.4. The van der Waals surface area contributed by atoms with E-state index in [0.717, 1.165) is 11.3 Å². The average molecular weight is 467 g/mol. The molecule has 9 heteroatoms. The van der Waals surface area contributed by atoms with E-state index >= 15 is 0 Å². The Morgan fingerprint density at radius 2 is 1.69 bits per heavy atom. The molecule has 0 aliphatic heterocycles. The molecule has 0 saturated carbocycles. The number of sulfonamides is 1. The molecule has 0 spiro atoms. The van der Waals surface area contributed by atoms with Gasteiger partial charge in [-0.3, -0.25) is 9.52 Å². The molecular weight excluding hydrogens is 448 g/mol. The van der Waals surface area contributed by atoms with Crippen molar-refractivity contribution in [3.63, 3.8) is 0 Å². The van der Waals surface area contributed by atoms with E-state index in [2.05, 4.69) is 15.0 Å². The van der Waals surface area contributed by atoms with Gasteiger partial charge in [0.05, 0.1) is 28.2 Å². The van der Waals surface area contributed by atoms with Gasteiger partial charge in [0, 0.05) is 24.0 Å². The summed E-state index contributed by atoms with van der Waals surface area (Å²) in [6, 6.07) is 19.9. The van der Waals surface area contributed by atoms with Gasteiger partial charge in [-0.2, -0.15) is 0 Å². The van der Waals surface area contributed by atoms with Gasteiger partial charge in [0.25, 0.3) is 15.9 Å². The van der Waals surface area contributed by atoms with Crippen LogP contribution in [0.4, 0.5) is 5.69 Å². The van der Waals surface area contributed by atoms with Crippen molar-refractivity contribution in [3.8, 4) is 5.69 Å². The number of hydrogen-bond acceptors (Lipinski definition) is 4. The smallest absolute Gasteiger partial charge is 0.261 e. The summed E-state index contributed by atoms with van der Waals surface area (Å²) in [5.41, 5.74) is 2.17. The van der Waals surface area contributed by atoms with Crippen LogP contribution < -0.4 is 10.0 Å². The number of rotatable bonds is 7. The van der Waals surface area contributed by atoms with Crippen molar-refractivity contribution in [2.45, 2.75) is 11.4 Å². The van der Waals surface area contributed by atoms with E-state index in [4.69, 9.17) is 11.6 Å². The summed E-state index contributed by atoms with van der Waals surface area (Å²) >= 11 is 5.84. The second-order valence-corrected chi connectivity index (χ2v) is 9.01. The summed E-state index contributed by atoms with van der Waals surface area (Å²) in [5, 5.41) is 3.30. The molecule has 3 aromatic carbocycles. The number of benzene rings is 3. The maximum atomic E-state index is 12.9. The minimum absolute atomic E-state index is 0.0476. The number of anilines is 1. The van der Waals surface area contributed by atoms with E-state index in [1.807, 2.05) is 35.0 Å². The summed E-state index contributed by atoms with van der Waals surface area (Å²) in [7, 11) is -3.89. The highest BCUT2D eigenvalue weighted by Gasteiger charge is 2.19. The monoisotopic (exact) mass is 466 g/mol. The number of amides is 1. The number of nitrogens with one attached hydrogen (secondary N) is 2. The quantitative estimate of drug-likeness (QED) is 0.425. The summed E-state index contributed by atoms with van der Waals surface area (Å²) in [5.74, 6) is -0.403. The van der Waals surface area contributed by atoms with Gasteiger partial charge in [-0.05, 0) is 48.0 Å². The third-order valence-corrected chi connectivity index (χ3v) is 6.39. The number of para-hydroxylation sites is 2. The SMILES string of the molecule is O=C(NCc1ccccc1-n1ccnc1)c1ccccc1NS(=O)(=O)c1ccc(Cl)cc1. The molecule has 4 rings (SSSR count). The zero-order chi connectivity index (χ0) is 22.6. The lowest BCUT2D eigenvalue weighted by atomic mass is 10.1. The lowest BCUT2D eigenvalue weighted by Gasteiger charge is -2.14. The van der Waals surface area contributed by atoms with Crippen molar-refractivity contribution in [3.05, 3.63) is 108 Å². The molecule has 1 heterocycles. The second kappa shape index (κ2) is 9.25. The van der Waals surface area contributed by atoms with Crippen molar-refractivity contribution in [2.24, 2.45) is 0 Å². The number of imidazole rings is 1. The van der Waals surface area contributed by atoms with Crippen LogP contribution in [0.5, 0.6) is 0 Å². The van der Waals surface area contributed by atoms with Crippen LogP contribution in [0.25, 0.3) is 5.69 Å². The number of halogens is 1. The van der Waals surface area contributed by atoms with Crippen LogP contribution in [-0.4, -0.2) is 23.9 Å². The van der Waals surface area contributed by atoms with Crippen LogP contribution in [0, 0.1) is 0 Å². The third-order valence-electron chi connectivity index (χ3n) is 4.75. The minimum Gasteiger partial charge on any atom is -0.348 e. The molecular formula is C23H19ClN4O3S. The Kier molecular flexibility index (Phi) is 6.25. The second-order valence-electron chi connectivity index (χ2n) is 6.89. The molecule has 1 aromatic heterocycles. The van der Waals surface area contributed by atoms with Gasteiger partial charge in [-0.15, -0.1) is 0 Å². The molecule has 0 saturated heterocycles. The predicted octanol–water partition coefficient (Wildman–Crippen LogP) is 4.26. The standard InChI is InChI=1S/C23H19ClN4O3S/c24-18-9-11-19(12-10-18)32(30,31)27-21-7-3-2-6-20(21)23(29)26-15-17-5-1-4-8-22(17)28-14-13-25-16-28/h1-14,16,27H,15H2,(H,26,29). The fourth-order valence-corrected chi connectivity index (χ4v) is 4.38. The zero-order valence-electron chi connectivity index (χ0n) is 16.8. The van der Waals surface area contributed by atoms with Crippen molar-refractivity contribution in [2.75, 3.05) is 4.72 Å². The Morgan fingerprint density at radius 3 is 2.44 bits per heavy atom. The molecule has 0 aliphatic rings. The van der Waals surface area contributed by atoms with E-state index in [9.17, 15) is 13.2 Å². The molecule has 162 valence electrons. The Labute approximate surface area is 190 Å². The lowest BCUT2D eigenvalue weighted by molar-refractivity contribution is 0.0952. The molecule has 0 aliphatic carbocycles. The fourth-order valence-electron chi connectivity index (χ4n) is 3.17. The fraction of sp³-hybridized carbons (Fsp3) is 0.0435. The summed E-state index contributed by atoms with van der Waals surface area (Å²) in [6.45, 7) is 0.255. The van der Waals surface area contributed by atoms with E-state index < -0.39 is 15.9 Å². The third kappa shape index (κ3) is 4.82. The van der Waals surface area contributed by atoms with E-state index in [-0.39, 0.29) is 22.7 Å². The average Bonchev–Trinajstić information content (AvgIpc) is 3.33. The maximum Gasteiger partial charge on any atom is 0.261 e. The number of carbonyl (C=O) groups is 1. The molecule has 1 amide bonds. The molecule has 0 radical (unpaired) electrons. The molecule has 0 fully saturated rings. The molecule has 0 bridgehead atoms. The minimum atomic E-state index is -3.89. The Hall–Kier alpha value is -3.62. The van der Waals surface area contributed by atoms with Gasteiger partial charge < -0.3 is 9.88 Å². The van der Waals surface area contributed by atoms with Crippen LogP contribution in [0.15, 0.2) is 96.4 Å². The van der Waals surface area contributed by atoms with E-state index in [1.54, 1.807) is 36.8 Å². The first-order valence-electron chi connectivity index (χ1n) is 9.66. The van der Waals surface area contributed by atoms with Crippen molar-refractivity contribution in [1.29, 1.82) is 0 Å². The molecule has 4 aromatic rings. The Morgan fingerprint density at radius 1 is 0.969 bits per heavy atom. The van der Waals surface area contributed by atoms with Crippen LogP contribution in [0.2, 0.25) is 5.02 Å². The van der Waals surface area contributed by atoms with Crippen LogP contribution in [0.1, 0.15) is 15.9 Å². The first kappa shape index (κ1) is 21.6. The van der Waals surface area contributed by atoms with Crippen LogP contribution in [-0.2, 0) is 16.6 Å².